The number of aromatic nitrogens is 2. The summed E-state index contributed by atoms with van der Waals surface area (Å²) in [5.74, 6) is 0.183. The molecule has 1 saturated heterocycles. The Bertz CT molecular complexity index is 1970. The van der Waals surface area contributed by atoms with Gasteiger partial charge in [0.1, 0.15) is 11.6 Å². The number of carbonyl (C=O) groups excluding carboxylic acids is 1. The van der Waals surface area contributed by atoms with E-state index in [-0.39, 0.29) is 24.6 Å². The fourth-order valence-electron chi connectivity index (χ4n) is 6.75. The predicted octanol–water partition coefficient (Wildman–Crippen LogP) is 5.15. The maximum absolute atomic E-state index is 11.6. The Morgan fingerprint density at radius 3 is 2.40 bits per heavy atom. The highest BCUT2D eigenvalue weighted by atomic mass is 35.5. The number of benzene rings is 2. The highest BCUT2D eigenvalue weighted by Crippen LogP contribution is 2.44. The number of nitrogens with one attached hydrogen (secondary N) is 3. The van der Waals surface area contributed by atoms with Gasteiger partial charge in [-0.3, -0.25) is 14.9 Å². The monoisotopic (exact) mass is 729 g/mol. The summed E-state index contributed by atoms with van der Waals surface area (Å²) in [6.45, 7) is 4.08. The van der Waals surface area contributed by atoms with Crippen LogP contribution < -0.4 is 30.2 Å². The molecule has 1 amide bonds. The lowest BCUT2D eigenvalue weighted by molar-refractivity contribution is -0.146. The van der Waals surface area contributed by atoms with Crippen LogP contribution in [0.5, 0.6) is 17.6 Å². The van der Waals surface area contributed by atoms with Crippen LogP contribution in [0.4, 0.5) is 0 Å². The third-order valence-corrected chi connectivity index (χ3v) is 10.2. The highest BCUT2D eigenvalue weighted by Gasteiger charge is 2.33. The largest absolute Gasteiger partial charge is 0.481 e. The summed E-state index contributed by atoms with van der Waals surface area (Å²) < 4.78 is 17.7. The molecule has 12 nitrogen and oxygen atoms in total. The van der Waals surface area contributed by atoms with Gasteiger partial charge in [0.05, 0.1) is 31.5 Å². The molecule has 3 atom stereocenters. The van der Waals surface area contributed by atoms with Crippen molar-refractivity contribution in [2.24, 2.45) is 0 Å². The smallest absolute Gasteiger partial charge is 0.326 e. The van der Waals surface area contributed by atoms with Crippen molar-refractivity contribution in [2.75, 3.05) is 27.4 Å². The molecule has 0 bridgehead atoms. The van der Waals surface area contributed by atoms with Gasteiger partial charge in [0.2, 0.25) is 23.5 Å². The molecule has 52 heavy (non-hydrogen) atoms. The molecule has 2 aromatic carbocycles. The van der Waals surface area contributed by atoms with Gasteiger partial charge < -0.3 is 35.1 Å². The van der Waals surface area contributed by atoms with Gasteiger partial charge in [0.15, 0.2) is 0 Å². The molecule has 3 heterocycles. The zero-order valence-electron chi connectivity index (χ0n) is 29.7. The van der Waals surface area contributed by atoms with Crippen molar-refractivity contribution in [3.05, 3.63) is 87.4 Å². The number of aryl methyl sites for hydroxylation is 1. The lowest BCUT2D eigenvalue weighted by atomic mass is 9.94. The van der Waals surface area contributed by atoms with Gasteiger partial charge in [0, 0.05) is 59.9 Å². The third-order valence-electron chi connectivity index (χ3n) is 9.81. The first-order chi connectivity index (χ1) is 25.0. The van der Waals surface area contributed by atoms with Crippen LogP contribution in [0.2, 0.25) is 5.02 Å². The predicted molar refractivity (Wildman–Crippen MR) is 197 cm³/mol. The van der Waals surface area contributed by atoms with E-state index in [2.05, 4.69) is 33.1 Å². The first kappa shape index (κ1) is 37.0. The number of amides is 1. The molecule has 2 aromatic heterocycles. The number of hydrogen-bond donors (Lipinski definition) is 5. The van der Waals surface area contributed by atoms with E-state index in [4.69, 9.17) is 30.8 Å². The fourth-order valence-corrected chi connectivity index (χ4v) is 7.08. The van der Waals surface area contributed by atoms with Crippen molar-refractivity contribution in [3.8, 4) is 40.0 Å². The molecule has 0 saturated carbocycles. The Kier molecular flexibility index (Phi) is 11.3. The minimum Gasteiger partial charge on any atom is -0.481 e. The number of aliphatic carboxylic acids is 1. The maximum atomic E-state index is 11.6. The normalized spacial score (nSPS) is 17.7. The Labute approximate surface area is 307 Å². The lowest BCUT2D eigenvalue weighted by Gasteiger charge is -2.24. The molecular weight excluding hydrogens is 686 g/mol. The fraction of sp³-hybridized carbons (Fsp3) is 0.385. The van der Waals surface area contributed by atoms with Gasteiger partial charge in [-0.1, -0.05) is 54.1 Å². The molecule has 0 radical (unpaired) electrons. The second-order valence-corrected chi connectivity index (χ2v) is 13.8. The summed E-state index contributed by atoms with van der Waals surface area (Å²) in [6, 6.07) is 18.0. The summed E-state index contributed by atoms with van der Waals surface area (Å²) in [6.07, 6.45) is 2.67. The van der Waals surface area contributed by atoms with Crippen LogP contribution in [0.15, 0.2) is 54.6 Å². The second-order valence-electron chi connectivity index (χ2n) is 13.4. The first-order valence-electron chi connectivity index (χ1n) is 17.3. The van der Waals surface area contributed by atoms with Gasteiger partial charge in [-0.25, -0.2) is 4.98 Å². The van der Waals surface area contributed by atoms with Crippen LogP contribution in [-0.2, 0) is 29.1 Å². The summed E-state index contributed by atoms with van der Waals surface area (Å²) >= 11 is 7.16. The van der Waals surface area contributed by atoms with Gasteiger partial charge in [-0.15, -0.1) is 0 Å². The molecular formula is C39H44ClN5O7. The van der Waals surface area contributed by atoms with Gasteiger partial charge >= 0.3 is 5.97 Å². The zero-order valence-corrected chi connectivity index (χ0v) is 30.5. The highest BCUT2D eigenvalue weighted by molar-refractivity contribution is 6.36. The average molecular weight is 730 g/mol. The molecule has 0 unspecified atom stereocenters. The van der Waals surface area contributed by atoms with Crippen molar-refractivity contribution in [1.82, 2.24) is 25.9 Å². The number of aliphatic hydroxyl groups excluding tert-OH is 1. The Morgan fingerprint density at radius 1 is 0.962 bits per heavy atom. The quantitative estimate of drug-likeness (QED) is 0.110. The van der Waals surface area contributed by atoms with Crippen molar-refractivity contribution >= 4 is 23.5 Å². The number of methoxy groups -OCH3 is 2. The molecule has 274 valence electrons. The van der Waals surface area contributed by atoms with Gasteiger partial charge in [0.25, 0.3) is 0 Å². The standard InChI is InChI=1S/C39H44ClN5O7/c1-22-17-24(19-42-39(2,21-46)38(48)49)37(51-4)45-35(22)52-32-15-13-27-26(7-5-8-28(27)32)29-9-6-10-30(34(29)40)31-14-11-23(36(44-31)50-3)18-41-20-25-12-16-33(47)43-25/h5-11,14,17,25,32,41-42,46H,12-13,15-16,18-21H2,1-4H3,(H,43,47)(H,48,49)/t25-,32-,39-/m0/s1. The van der Waals surface area contributed by atoms with Crippen LogP contribution in [0, 0.1) is 6.92 Å². The number of fused-ring (bicyclic) bond motifs is 1. The van der Waals surface area contributed by atoms with Crippen LogP contribution in [-0.4, -0.2) is 71.0 Å². The van der Waals surface area contributed by atoms with Gasteiger partial charge in [-0.05, 0) is 61.9 Å². The molecule has 6 rings (SSSR count). The van der Waals surface area contributed by atoms with Crippen LogP contribution >= 0.6 is 11.6 Å². The number of pyridine rings is 2. The molecule has 5 N–H and O–H groups in total. The van der Waals surface area contributed by atoms with Crippen LogP contribution in [0.3, 0.4) is 0 Å². The molecule has 4 aromatic rings. The number of carbonyl (C=O) groups is 2. The molecule has 1 fully saturated rings. The number of carboxylic acid groups (broad SMARTS) is 1. The lowest BCUT2D eigenvalue weighted by Crippen LogP contribution is -2.52. The number of ether oxygens (including phenoxy) is 3. The molecule has 13 heteroatoms. The topological polar surface area (TPSA) is 164 Å². The van der Waals surface area contributed by atoms with Crippen molar-refractivity contribution in [3.63, 3.8) is 0 Å². The summed E-state index contributed by atoms with van der Waals surface area (Å²) in [5.41, 5.74) is 6.43. The van der Waals surface area contributed by atoms with Crippen molar-refractivity contribution in [1.29, 1.82) is 0 Å². The van der Waals surface area contributed by atoms with E-state index in [1.54, 1.807) is 7.11 Å². The molecule has 1 aliphatic heterocycles. The van der Waals surface area contributed by atoms with Crippen molar-refractivity contribution in [2.45, 2.75) is 70.3 Å². The Hall–Kier alpha value is -4.75. The van der Waals surface area contributed by atoms with E-state index in [0.29, 0.717) is 53.4 Å². The molecule has 1 aliphatic carbocycles. The summed E-state index contributed by atoms with van der Waals surface area (Å²) in [7, 11) is 3.10. The number of aliphatic hydroxyl groups is 1. The number of rotatable bonds is 15. The number of halogens is 1. The zero-order chi connectivity index (χ0) is 37.0. The van der Waals surface area contributed by atoms with E-state index in [1.165, 1.54) is 14.0 Å². The average Bonchev–Trinajstić information content (AvgIpc) is 3.76. The third kappa shape index (κ3) is 7.70. The Morgan fingerprint density at radius 2 is 1.69 bits per heavy atom. The summed E-state index contributed by atoms with van der Waals surface area (Å²) in [4.78, 5) is 32.6. The Balaban J connectivity index is 1.20. The molecule has 0 spiro atoms. The van der Waals surface area contributed by atoms with E-state index in [9.17, 15) is 19.8 Å². The van der Waals surface area contributed by atoms with E-state index in [1.807, 2.05) is 49.4 Å². The maximum Gasteiger partial charge on any atom is 0.326 e. The van der Waals surface area contributed by atoms with Crippen LogP contribution in [0.1, 0.15) is 60.1 Å². The minimum absolute atomic E-state index is 0.0953. The molecule has 2 aliphatic rings. The minimum atomic E-state index is -1.51. The number of nitrogens with zero attached hydrogens (tertiary/aromatic N) is 2. The summed E-state index contributed by atoms with van der Waals surface area (Å²) in [5, 5.41) is 29.0. The first-order valence-corrected chi connectivity index (χ1v) is 17.7. The van der Waals surface area contributed by atoms with E-state index in [0.717, 1.165) is 58.2 Å². The van der Waals surface area contributed by atoms with E-state index < -0.39 is 18.1 Å². The van der Waals surface area contributed by atoms with Crippen molar-refractivity contribution < 1.29 is 34.0 Å². The van der Waals surface area contributed by atoms with Crippen LogP contribution in [0.25, 0.3) is 22.4 Å². The number of carboxylic acids is 1. The second kappa shape index (κ2) is 15.9. The SMILES string of the molecule is COc1nc(-c2cccc(-c3cccc4c3CC[C@@H]4Oc3nc(OC)c(CN[C@@](C)(CO)C(=O)O)cc3C)c2Cl)ccc1CNC[C@@H]1CCC(=O)N1. The van der Waals surface area contributed by atoms with E-state index >= 15 is 0 Å². The number of hydrogen-bond acceptors (Lipinski definition) is 10. The van der Waals surface area contributed by atoms with Gasteiger partial charge in [-0.2, -0.15) is 4.98 Å².